The summed E-state index contributed by atoms with van der Waals surface area (Å²) in [6.45, 7) is 0. The smallest absolute Gasteiger partial charge is 0.269 e. The van der Waals surface area contributed by atoms with E-state index >= 15 is 0 Å². The van der Waals surface area contributed by atoms with E-state index in [1.165, 1.54) is 23.5 Å². The van der Waals surface area contributed by atoms with Crippen molar-refractivity contribution in [2.45, 2.75) is 0 Å². The molecule has 0 atom stereocenters. The van der Waals surface area contributed by atoms with Crippen LogP contribution in [-0.2, 0) is 0 Å². The zero-order valence-electron chi connectivity index (χ0n) is 7.98. The minimum absolute atomic E-state index is 0.0960. The monoisotopic (exact) mass is 235 g/mol. The van der Waals surface area contributed by atoms with Crippen LogP contribution in [0.3, 0.4) is 0 Å². The molecule has 0 aliphatic heterocycles. The van der Waals surface area contributed by atoms with Gasteiger partial charge >= 0.3 is 0 Å². The first-order chi connectivity index (χ1) is 7.72. The van der Waals surface area contributed by atoms with E-state index in [1.807, 2.05) is 6.07 Å². The Kier molecular flexibility index (Phi) is 1.90. The van der Waals surface area contributed by atoms with E-state index in [0.717, 1.165) is 15.0 Å². The Morgan fingerprint density at radius 1 is 1.31 bits per heavy atom. The molecule has 1 aromatic carbocycles. The van der Waals surface area contributed by atoms with Gasteiger partial charge < -0.3 is 10.3 Å². The fourth-order valence-electron chi connectivity index (χ4n) is 1.45. The van der Waals surface area contributed by atoms with E-state index in [2.05, 4.69) is 10.1 Å². The Labute approximate surface area is 93.5 Å². The van der Waals surface area contributed by atoms with Crippen molar-refractivity contribution in [2.24, 2.45) is 0 Å². The molecule has 0 radical (unpaired) electrons. The number of rotatable bonds is 1. The third kappa shape index (κ3) is 1.43. The van der Waals surface area contributed by atoms with Crippen LogP contribution in [-0.4, -0.2) is 10.1 Å². The maximum atomic E-state index is 13.0. The summed E-state index contributed by atoms with van der Waals surface area (Å²) in [7, 11) is 0. The average molecular weight is 235 g/mol. The second-order valence-electron chi connectivity index (χ2n) is 3.25. The minimum atomic E-state index is -0.258. The van der Waals surface area contributed by atoms with Gasteiger partial charge in [-0.3, -0.25) is 0 Å². The molecule has 0 saturated heterocycles. The Hall–Kier alpha value is -1.95. The fraction of sp³-hybridized carbons (Fsp3) is 0. The van der Waals surface area contributed by atoms with Crippen LogP contribution in [0.4, 0.5) is 10.3 Å². The molecule has 2 heterocycles. The molecular weight excluding hydrogens is 229 g/mol. The van der Waals surface area contributed by atoms with Gasteiger partial charge in [0.15, 0.2) is 0 Å². The summed E-state index contributed by atoms with van der Waals surface area (Å²) < 4.78 is 18.8. The van der Waals surface area contributed by atoms with Gasteiger partial charge in [-0.15, -0.1) is 11.3 Å². The lowest BCUT2D eigenvalue weighted by Gasteiger charge is -1.86. The largest absolute Gasteiger partial charge is 0.365 e. The molecule has 0 unspecified atom stereocenters. The van der Waals surface area contributed by atoms with Crippen molar-refractivity contribution >= 4 is 27.4 Å². The van der Waals surface area contributed by atoms with Crippen molar-refractivity contribution in [3.05, 3.63) is 30.1 Å². The van der Waals surface area contributed by atoms with Gasteiger partial charge in [0.05, 0.1) is 4.88 Å². The Bertz CT molecular complexity index is 661. The molecular formula is C10H6FN3OS. The number of benzene rings is 1. The molecule has 0 aliphatic rings. The van der Waals surface area contributed by atoms with Crippen LogP contribution in [0.25, 0.3) is 20.9 Å². The summed E-state index contributed by atoms with van der Waals surface area (Å²) >= 11 is 1.39. The molecule has 3 rings (SSSR count). The van der Waals surface area contributed by atoms with Gasteiger partial charge in [0.2, 0.25) is 0 Å². The molecule has 80 valence electrons. The predicted octanol–water partition coefficient (Wildman–Crippen LogP) is 2.67. The zero-order valence-corrected chi connectivity index (χ0v) is 8.79. The van der Waals surface area contributed by atoms with Crippen LogP contribution < -0.4 is 5.73 Å². The van der Waals surface area contributed by atoms with Gasteiger partial charge in [-0.1, -0.05) is 6.07 Å². The standard InChI is InChI=1S/C10H6FN3OS/c11-6-2-1-5-3-8(16-7(5)4-6)9-13-10(12)14-15-9/h1-4H,(H2,12,14). The minimum Gasteiger partial charge on any atom is -0.365 e. The molecule has 0 amide bonds. The number of hydrogen-bond acceptors (Lipinski definition) is 5. The van der Waals surface area contributed by atoms with E-state index in [0.29, 0.717) is 5.89 Å². The number of nitrogens with zero attached hydrogens (tertiary/aromatic N) is 2. The number of halogens is 1. The van der Waals surface area contributed by atoms with E-state index in [9.17, 15) is 4.39 Å². The van der Waals surface area contributed by atoms with Gasteiger partial charge in [-0.25, -0.2) is 4.39 Å². The van der Waals surface area contributed by atoms with Crippen molar-refractivity contribution < 1.29 is 8.91 Å². The van der Waals surface area contributed by atoms with Gasteiger partial charge in [-0.2, -0.15) is 4.98 Å². The second-order valence-corrected chi connectivity index (χ2v) is 4.33. The molecule has 6 heteroatoms. The quantitative estimate of drug-likeness (QED) is 0.704. The van der Waals surface area contributed by atoms with Crippen molar-refractivity contribution in [1.29, 1.82) is 0 Å². The highest BCUT2D eigenvalue weighted by Gasteiger charge is 2.10. The Balaban J connectivity index is 2.18. The van der Waals surface area contributed by atoms with Crippen LogP contribution >= 0.6 is 11.3 Å². The molecule has 2 N–H and O–H groups in total. The van der Waals surface area contributed by atoms with Crippen molar-refractivity contribution in [3.63, 3.8) is 0 Å². The summed E-state index contributed by atoms with van der Waals surface area (Å²) in [6.07, 6.45) is 0. The molecule has 0 aliphatic carbocycles. The highest BCUT2D eigenvalue weighted by atomic mass is 32.1. The number of hydrogen-bond donors (Lipinski definition) is 1. The Morgan fingerprint density at radius 3 is 2.94 bits per heavy atom. The first kappa shape index (κ1) is 9.29. The number of aromatic nitrogens is 2. The zero-order chi connectivity index (χ0) is 11.1. The van der Waals surface area contributed by atoms with Gasteiger partial charge in [0, 0.05) is 4.70 Å². The third-order valence-electron chi connectivity index (χ3n) is 2.13. The predicted molar refractivity (Wildman–Crippen MR) is 59.5 cm³/mol. The summed E-state index contributed by atoms with van der Waals surface area (Å²) in [5.41, 5.74) is 5.36. The number of nitrogen functional groups attached to an aromatic ring is 1. The molecule has 4 nitrogen and oxygen atoms in total. The van der Waals surface area contributed by atoms with E-state index in [1.54, 1.807) is 6.07 Å². The molecule has 16 heavy (non-hydrogen) atoms. The summed E-state index contributed by atoms with van der Waals surface area (Å²) in [6, 6.07) is 6.47. The summed E-state index contributed by atoms with van der Waals surface area (Å²) in [4.78, 5) is 4.70. The Morgan fingerprint density at radius 2 is 2.19 bits per heavy atom. The molecule has 3 aromatic rings. The van der Waals surface area contributed by atoms with Crippen LogP contribution in [0.2, 0.25) is 0 Å². The van der Waals surface area contributed by atoms with Crippen molar-refractivity contribution in [2.75, 3.05) is 5.73 Å². The summed E-state index contributed by atoms with van der Waals surface area (Å²) in [5, 5.41) is 4.45. The van der Waals surface area contributed by atoms with E-state index < -0.39 is 0 Å². The number of anilines is 1. The lowest BCUT2D eigenvalue weighted by Crippen LogP contribution is -1.84. The SMILES string of the molecule is Nc1noc(-c2cc3ccc(F)cc3s2)n1. The molecule has 0 bridgehead atoms. The second kappa shape index (κ2) is 3.28. The molecule has 0 spiro atoms. The number of thiophene rings is 1. The highest BCUT2D eigenvalue weighted by molar-refractivity contribution is 7.22. The molecule has 0 saturated carbocycles. The van der Waals surface area contributed by atoms with Crippen molar-refractivity contribution in [3.8, 4) is 10.8 Å². The fourth-order valence-corrected chi connectivity index (χ4v) is 2.45. The van der Waals surface area contributed by atoms with Crippen molar-refractivity contribution in [1.82, 2.24) is 10.1 Å². The topological polar surface area (TPSA) is 64.9 Å². The van der Waals surface area contributed by atoms with Crippen LogP contribution in [0.1, 0.15) is 0 Å². The van der Waals surface area contributed by atoms with Gasteiger partial charge in [0.25, 0.3) is 11.8 Å². The van der Waals surface area contributed by atoms with Gasteiger partial charge in [0.1, 0.15) is 5.82 Å². The lowest BCUT2D eigenvalue weighted by atomic mass is 10.2. The maximum Gasteiger partial charge on any atom is 0.269 e. The van der Waals surface area contributed by atoms with E-state index in [4.69, 9.17) is 10.3 Å². The normalized spacial score (nSPS) is 11.1. The number of nitrogens with two attached hydrogens (primary N) is 1. The molecule has 0 fully saturated rings. The first-order valence-corrected chi connectivity index (χ1v) is 5.33. The van der Waals surface area contributed by atoms with Crippen LogP contribution in [0, 0.1) is 5.82 Å². The first-order valence-electron chi connectivity index (χ1n) is 4.51. The van der Waals surface area contributed by atoms with E-state index in [-0.39, 0.29) is 11.8 Å². The van der Waals surface area contributed by atoms with Crippen LogP contribution in [0.5, 0.6) is 0 Å². The molecule has 2 aromatic heterocycles. The number of fused-ring (bicyclic) bond motifs is 1. The van der Waals surface area contributed by atoms with Crippen LogP contribution in [0.15, 0.2) is 28.8 Å². The lowest BCUT2D eigenvalue weighted by molar-refractivity contribution is 0.434. The average Bonchev–Trinajstić information content (AvgIpc) is 2.83. The third-order valence-corrected chi connectivity index (χ3v) is 3.22. The summed E-state index contributed by atoms with van der Waals surface area (Å²) in [5.74, 6) is 0.198. The maximum absolute atomic E-state index is 13.0. The highest BCUT2D eigenvalue weighted by Crippen LogP contribution is 2.32. The van der Waals surface area contributed by atoms with Gasteiger partial charge in [-0.05, 0) is 28.7 Å².